The number of fused-ring (bicyclic) bond motifs is 5. The summed E-state index contributed by atoms with van der Waals surface area (Å²) in [6.07, 6.45) is 14.9. The van der Waals surface area contributed by atoms with Gasteiger partial charge in [0.25, 0.3) is 0 Å². The molecule has 164 valence electrons. The van der Waals surface area contributed by atoms with Crippen LogP contribution in [0, 0.1) is 29.6 Å². The number of hydrogen-bond donors (Lipinski definition) is 0. The average Bonchev–Trinajstić information content (AvgIpc) is 3.18. The molecule has 0 spiro atoms. The highest BCUT2D eigenvalue weighted by Gasteiger charge is 2.46. The number of benzene rings is 4. The van der Waals surface area contributed by atoms with Crippen LogP contribution in [0.4, 0.5) is 0 Å². The maximum Gasteiger partial charge on any atom is -0.00952 e. The van der Waals surface area contributed by atoms with Gasteiger partial charge in [0, 0.05) is 0 Å². The van der Waals surface area contributed by atoms with Crippen molar-refractivity contribution in [2.75, 3.05) is 0 Å². The fourth-order valence-electron chi connectivity index (χ4n) is 6.78. The minimum Gasteiger partial charge on any atom is -0.0796 e. The molecule has 3 aliphatic rings. The molecular formula is C34H28. The lowest BCUT2D eigenvalue weighted by atomic mass is 9.79. The van der Waals surface area contributed by atoms with E-state index in [0.29, 0.717) is 29.6 Å². The Labute approximate surface area is 201 Å². The lowest BCUT2D eigenvalue weighted by molar-refractivity contribution is 0.416. The topological polar surface area (TPSA) is 0 Å². The third-order valence-electron chi connectivity index (χ3n) is 8.49. The van der Waals surface area contributed by atoms with Gasteiger partial charge in [0.1, 0.15) is 0 Å². The minimum absolute atomic E-state index is 0.571. The van der Waals surface area contributed by atoms with Crippen LogP contribution in [-0.4, -0.2) is 0 Å². The molecule has 4 unspecified atom stereocenters. The van der Waals surface area contributed by atoms with Crippen molar-refractivity contribution >= 4 is 32.7 Å². The summed E-state index contributed by atoms with van der Waals surface area (Å²) in [5.41, 5.74) is 5.48. The van der Waals surface area contributed by atoms with Crippen LogP contribution < -0.4 is 0 Å². The van der Waals surface area contributed by atoms with Crippen LogP contribution in [0.5, 0.6) is 0 Å². The van der Waals surface area contributed by atoms with Gasteiger partial charge in [-0.3, -0.25) is 0 Å². The Balaban J connectivity index is 1.26. The molecule has 0 amide bonds. The molecule has 0 aliphatic heterocycles. The van der Waals surface area contributed by atoms with E-state index < -0.39 is 0 Å². The van der Waals surface area contributed by atoms with Gasteiger partial charge in [-0.25, -0.2) is 0 Å². The third-order valence-corrected chi connectivity index (χ3v) is 8.49. The van der Waals surface area contributed by atoms with Crippen molar-refractivity contribution in [3.05, 3.63) is 133 Å². The van der Waals surface area contributed by atoms with E-state index in [4.69, 9.17) is 0 Å². The summed E-state index contributed by atoms with van der Waals surface area (Å²) in [6.45, 7) is 2.47. The first kappa shape index (κ1) is 19.8. The highest BCUT2D eigenvalue weighted by atomic mass is 14.5. The molecule has 0 aromatic heterocycles. The SMILES string of the molecule is CC1C2C=C(c3cccc4ccccc34)C=CC2C2C=CC(c3cccc4ccccc34)=CC12. The first-order chi connectivity index (χ1) is 16.8. The van der Waals surface area contributed by atoms with Gasteiger partial charge in [-0.1, -0.05) is 128 Å². The third kappa shape index (κ3) is 2.98. The average molecular weight is 437 g/mol. The molecule has 3 aliphatic carbocycles. The van der Waals surface area contributed by atoms with Crippen LogP contribution in [0.15, 0.2) is 121 Å². The van der Waals surface area contributed by atoms with E-state index >= 15 is 0 Å². The van der Waals surface area contributed by atoms with Crippen molar-refractivity contribution in [3.63, 3.8) is 0 Å². The van der Waals surface area contributed by atoms with E-state index in [1.807, 2.05) is 0 Å². The van der Waals surface area contributed by atoms with Crippen LogP contribution >= 0.6 is 0 Å². The predicted molar refractivity (Wildman–Crippen MR) is 145 cm³/mol. The fraction of sp³-hybridized carbons (Fsp3) is 0.176. The predicted octanol–water partition coefficient (Wildman–Crippen LogP) is 8.71. The lowest BCUT2D eigenvalue weighted by Gasteiger charge is -2.25. The maximum atomic E-state index is 2.58. The first-order valence-electron chi connectivity index (χ1n) is 12.5. The summed E-state index contributed by atoms with van der Waals surface area (Å²) in [5, 5.41) is 5.33. The zero-order valence-electron chi connectivity index (χ0n) is 19.4. The van der Waals surface area contributed by atoms with Crippen molar-refractivity contribution in [1.82, 2.24) is 0 Å². The normalized spacial score (nSPS) is 27.4. The second kappa shape index (κ2) is 7.71. The number of allylic oxidation sites excluding steroid dienone is 8. The Kier molecular flexibility index (Phi) is 4.49. The van der Waals surface area contributed by atoms with Crippen molar-refractivity contribution < 1.29 is 0 Å². The summed E-state index contributed by atoms with van der Waals surface area (Å²) in [7, 11) is 0. The Morgan fingerprint density at radius 1 is 0.471 bits per heavy atom. The van der Waals surface area contributed by atoms with Crippen LogP contribution in [0.2, 0.25) is 0 Å². The molecule has 0 nitrogen and oxygen atoms in total. The Bertz CT molecular complexity index is 1420. The highest BCUT2D eigenvalue weighted by Crippen LogP contribution is 2.54. The molecule has 7 rings (SSSR count). The number of rotatable bonds is 2. The van der Waals surface area contributed by atoms with E-state index in [0.717, 1.165) is 0 Å². The van der Waals surface area contributed by atoms with Crippen molar-refractivity contribution in [2.45, 2.75) is 6.92 Å². The maximum absolute atomic E-state index is 2.58. The molecule has 34 heavy (non-hydrogen) atoms. The molecule has 4 aromatic rings. The van der Waals surface area contributed by atoms with Crippen molar-refractivity contribution in [1.29, 1.82) is 0 Å². The summed E-state index contributed by atoms with van der Waals surface area (Å²) in [6, 6.07) is 30.9. The molecule has 0 heterocycles. The van der Waals surface area contributed by atoms with Gasteiger partial charge < -0.3 is 0 Å². The Morgan fingerprint density at radius 3 is 1.41 bits per heavy atom. The van der Waals surface area contributed by atoms with Crippen molar-refractivity contribution in [2.24, 2.45) is 29.6 Å². The van der Waals surface area contributed by atoms with E-state index in [9.17, 15) is 0 Å². The van der Waals surface area contributed by atoms with Gasteiger partial charge in [0.15, 0.2) is 0 Å². The van der Waals surface area contributed by atoms with Crippen LogP contribution in [0.1, 0.15) is 18.1 Å². The van der Waals surface area contributed by atoms with Crippen LogP contribution in [0.3, 0.4) is 0 Å². The molecule has 0 radical (unpaired) electrons. The van der Waals surface area contributed by atoms with Gasteiger partial charge in [-0.15, -0.1) is 0 Å². The van der Waals surface area contributed by atoms with Crippen LogP contribution in [-0.2, 0) is 0 Å². The monoisotopic (exact) mass is 436 g/mol. The molecule has 0 saturated heterocycles. The summed E-state index contributed by atoms with van der Waals surface area (Å²) < 4.78 is 0. The summed E-state index contributed by atoms with van der Waals surface area (Å²) in [4.78, 5) is 0. The van der Waals surface area contributed by atoms with E-state index in [1.165, 1.54) is 43.8 Å². The van der Waals surface area contributed by atoms with Gasteiger partial charge in [0.05, 0.1) is 0 Å². The zero-order valence-corrected chi connectivity index (χ0v) is 19.4. The lowest BCUT2D eigenvalue weighted by Crippen LogP contribution is -2.16. The first-order valence-corrected chi connectivity index (χ1v) is 12.5. The second-order valence-electron chi connectivity index (χ2n) is 10.2. The molecule has 4 aromatic carbocycles. The summed E-state index contributed by atoms with van der Waals surface area (Å²) >= 11 is 0. The Morgan fingerprint density at radius 2 is 0.912 bits per heavy atom. The van der Waals surface area contributed by atoms with Gasteiger partial charge in [-0.2, -0.15) is 0 Å². The van der Waals surface area contributed by atoms with Crippen LogP contribution in [0.25, 0.3) is 32.7 Å². The highest BCUT2D eigenvalue weighted by molar-refractivity contribution is 5.97. The standard InChI is InChI=1S/C34H28/c1-22-33-20-25(29-14-6-10-23-8-2-4-12-27(23)29)16-18-31(33)32-19-17-26(21-34(22)32)30-15-7-11-24-9-3-5-13-28(24)30/h2-22,31-34H,1H3. The van der Waals surface area contributed by atoms with Gasteiger partial charge >= 0.3 is 0 Å². The molecule has 0 N–H and O–H groups in total. The largest absolute Gasteiger partial charge is 0.0796 e. The van der Waals surface area contributed by atoms with Gasteiger partial charge in [0.2, 0.25) is 0 Å². The van der Waals surface area contributed by atoms with E-state index in [1.54, 1.807) is 0 Å². The molecule has 1 fully saturated rings. The molecule has 1 saturated carbocycles. The number of hydrogen-bond acceptors (Lipinski definition) is 0. The molecule has 0 bridgehead atoms. The van der Waals surface area contributed by atoms with E-state index in [2.05, 4.69) is 128 Å². The second-order valence-corrected chi connectivity index (χ2v) is 10.2. The smallest absolute Gasteiger partial charge is 0.00952 e. The fourth-order valence-corrected chi connectivity index (χ4v) is 6.78. The minimum atomic E-state index is 0.571. The summed E-state index contributed by atoms with van der Waals surface area (Å²) in [5.74, 6) is 2.92. The Hall–Kier alpha value is -3.64. The quantitative estimate of drug-likeness (QED) is 0.295. The zero-order chi connectivity index (χ0) is 22.6. The van der Waals surface area contributed by atoms with Crippen molar-refractivity contribution in [3.8, 4) is 0 Å². The molecule has 4 atom stereocenters. The molecular weight excluding hydrogens is 408 g/mol. The molecule has 0 heteroatoms. The van der Waals surface area contributed by atoms with E-state index in [-0.39, 0.29) is 0 Å². The van der Waals surface area contributed by atoms with Gasteiger partial charge in [-0.05, 0) is 73.4 Å².